The number of thioether (sulfide) groups is 2. The molecule has 0 bridgehead atoms. The van der Waals surface area contributed by atoms with Gasteiger partial charge in [-0.25, -0.2) is 0 Å². The lowest BCUT2D eigenvalue weighted by atomic mass is 10.3. The van der Waals surface area contributed by atoms with Gasteiger partial charge < -0.3 is 10.1 Å². The average molecular weight is 355 g/mol. The number of carbonyl (C=O) groups excluding carboxylic acids is 1. The molecule has 0 saturated heterocycles. The Morgan fingerprint density at radius 1 is 1.17 bits per heavy atom. The van der Waals surface area contributed by atoms with Gasteiger partial charge in [0.05, 0.1) is 18.6 Å². The number of anilines is 1. The Morgan fingerprint density at radius 3 is 2.52 bits per heavy atom. The SMILES string of the molecule is COc1ccc(SCC(=O)Nc2ccccc2SC(F)F)cc1. The van der Waals surface area contributed by atoms with Gasteiger partial charge in [-0.2, -0.15) is 8.78 Å². The highest BCUT2D eigenvalue weighted by Gasteiger charge is 2.12. The second-order valence-electron chi connectivity index (χ2n) is 4.39. The Labute approximate surface area is 141 Å². The molecule has 23 heavy (non-hydrogen) atoms. The molecule has 1 amide bonds. The van der Waals surface area contributed by atoms with Crippen LogP contribution < -0.4 is 10.1 Å². The van der Waals surface area contributed by atoms with Crippen molar-refractivity contribution >= 4 is 35.1 Å². The van der Waals surface area contributed by atoms with Crippen molar-refractivity contribution in [3.8, 4) is 5.75 Å². The quantitative estimate of drug-likeness (QED) is 0.728. The maximum atomic E-state index is 12.5. The summed E-state index contributed by atoms with van der Waals surface area (Å²) in [7, 11) is 1.59. The van der Waals surface area contributed by atoms with Crippen LogP contribution in [0.15, 0.2) is 58.3 Å². The zero-order valence-corrected chi connectivity index (χ0v) is 13.9. The molecule has 2 rings (SSSR count). The number of para-hydroxylation sites is 1. The molecule has 1 N–H and O–H groups in total. The molecule has 0 aromatic heterocycles. The van der Waals surface area contributed by atoms with Crippen LogP contribution in [0.4, 0.5) is 14.5 Å². The van der Waals surface area contributed by atoms with E-state index in [1.54, 1.807) is 31.4 Å². The fourth-order valence-corrected chi connectivity index (χ4v) is 3.07. The predicted molar refractivity (Wildman–Crippen MR) is 90.7 cm³/mol. The number of benzene rings is 2. The Balaban J connectivity index is 1.91. The largest absolute Gasteiger partial charge is 0.497 e. The Hall–Kier alpha value is -1.73. The molecule has 0 aliphatic heterocycles. The van der Waals surface area contributed by atoms with Crippen LogP contribution in [0.25, 0.3) is 0 Å². The molecule has 0 spiro atoms. The lowest BCUT2D eigenvalue weighted by Crippen LogP contribution is -2.14. The van der Waals surface area contributed by atoms with Crippen LogP contribution in [0.2, 0.25) is 0 Å². The first-order valence-electron chi connectivity index (χ1n) is 6.69. The minimum Gasteiger partial charge on any atom is -0.497 e. The summed E-state index contributed by atoms with van der Waals surface area (Å²) in [5, 5.41) is 2.67. The number of halogens is 2. The molecule has 122 valence electrons. The second kappa shape index (κ2) is 8.79. The zero-order valence-electron chi connectivity index (χ0n) is 12.3. The molecule has 2 aromatic carbocycles. The first-order valence-corrected chi connectivity index (χ1v) is 8.55. The van der Waals surface area contributed by atoms with Gasteiger partial charge in [-0.1, -0.05) is 23.9 Å². The van der Waals surface area contributed by atoms with E-state index in [2.05, 4.69) is 5.32 Å². The predicted octanol–water partition coefficient (Wildman–Crippen LogP) is 4.74. The standard InChI is InChI=1S/C16H15F2NO2S2/c1-21-11-6-8-12(9-7-11)22-10-15(20)19-13-4-2-3-5-14(13)23-16(17)18/h2-9,16H,10H2,1H3,(H,19,20). The summed E-state index contributed by atoms with van der Waals surface area (Å²) in [6.45, 7) is 0. The molecular weight excluding hydrogens is 340 g/mol. The molecule has 0 fully saturated rings. The maximum absolute atomic E-state index is 12.5. The molecule has 2 aromatic rings. The van der Waals surface area contributed by atoms with E-state index in [9.17, 15) is 13.6 Å². The molecular formula is C16H15F2NO2S2. The van der Waals surface area contributed by atoms with Crippen molar-refractivity contribution in [2.75, 3.05) is 18.2 Å². The van der Waals surface area contributed by atoms with E-state index in [4.69, 9.17) is 4.74 Å². The average Bonchev–Trinajstić information content (AvgIpc) is 2.55. The van der Waals surface area contributed by atoms with E-state index in [0.29, 0.717) is 22.3 Å². The smallest absolute Gasteiger partial charge is 0.288 e. The number of hydrogen-bond donors (Lipinski definition) is 1. The number of ether oxygens (including phenoxy) is 1. The lowest BCUT2D eigenvalue weighted by Gasteiger charge is -2.10. The lowest BCUT2D eigenvalue weighted by molar-refractivity contribution is -0.113. The number of methoxy groups -OCH3 is 1. The van der Waals surface area contributed by atoms with Crippen molar-refractivity contribution in [3.63, 3.8) is 0 Å². The van der Waals surface area contributed by atoms with E-state index < -0.39 is 5.76 Å². The third-order valence-corrected chi connectivity index (χ3v) is 4.61. The van der Waals surface area contributed by atoms with E-state index >= 15 is 0 Å². The third-order valence-electron chi connectivity index (χ3n) is 2.81. The van der Waals surface area contributed by atoms with E-state index in [-0.39, 0.29) is 11.7 Å². The summed E-state index contributed by atoms with van der Waals surface area (Å²) in [4.78, 5) is 13.3. The normalized spacial score (nSPS) is 10.6. The molecule has 0 unspecified atom stereocenters. The number of alkyl halides is 2. The highest BCUT2D eigenvalue weighted by molar-refractivity contribution is 8.00. The van der Waals surface area contributed by atoms with Crippen LogP contribution in [0, 0.1) is 0 Å². The van der Waals surface area contributed by atoms with Gasteiger partial charge in [-0.05, 0) is 36.4 Å². The summed E-state index contributed by atoms with van der Waals surface area (Å²) in [6.07, 6.45) is 0. The zero-order chi connectivity index (χ0) is 16.7. The van der Waals surface area contributed by atoms with Crippen molar-refractivity contribution in [2.45, 2.75) is 15.5 Å². The Bertz CT molecular complexity index is 651. The van der Waals surface area contributed by atoms with Gasteiger partial charge in [0.15, 0.2) is 0 Å². The topological polar surface area (TPSA) is 38.3 Å². The minimum absolute atomic E-state index is 0.194. The molecule has 3 nitrogen and oxygen atoms in total. The van der Waals surface area contributed by atoms with Crippen LogP contribution in [-0.2, 0) is 4.79 Å². The Morgan fingerprint density at radius 2 is 1.87 bits per heavy atom. The van der Waals surface area contributed by atoms with Crippen LogP contribution in [0.3, 0.4) is 0 Å². The van der Waals surface area contributed by atoms with Crippen molar-refractivity contribution in [1.29, 1.82) is 0 Å². The van der Waals surface area contributed by atoms with Crippen molar-refractivity contribution in [3.05, 3.63) is 48.5 Å². The van der Waals surface area contributed by atoms with Gasteiger partial charge in [0.2, 0.25) is 5.91 Å². The third kappa shape index (κ3) is 5.76. The van der Waals surface area contributed by atoms with Crippen LogP contribution in [0.5, 0.6) is 5.75 Å². The summed E-state index contributed by atoms with van der Waals surface area (Å²) in [6, 6.07) is 13.9. The molecule has 0 aliphatic carbocycles. The number of carbonyl (C=O) groups is 1. The summed E-state index contributed by atoms with van der Waals surface area (Å²) in [5.41, 5.74) is 0.401. The van der Waals surface area contributed by atoms with E-state index in [1.165, 1.54) is 11.8 Å². The number of rotatable bonds is 7. The van der Waals surface area contributed by atoms with Crippen LogP contribution in [0.1, 0.15) is 0 Å². The molecule has 0 radical (unpaired) electrons. The maximum Gasteiger partial charge on any atom is 0.288 e. The summed E-state index contributed by atoms with van der Waals surface area (Å²) in [5.74, 6) is -1.83. The molecule has 0 aliphatic rings. The van der Waals surface area contributed by atoms with Crippen molar-refractivity contribution < 1.29 is 18.3 Å². The molecule has 7 heteroatoms. The first kappa shape index (κ1) is 17.6. The molecule has 0 atom stereocenters. The Kier molecular flexibility index (Phi) is 6.73. The van der Waals surface area contributed by atoms with E-state index in [0.717, 1.165) is 10.6 Å². The minimum atomic E-state index is -2.53. The number of hydrogen-bond acceptors (Lipinski definition) is 4. The number of nitrogens with one attached hydrogen (secondary N) is 1. The number of amides is 1. The monoisotopic (exact) mass is 355 g/mol. The van der Waals surface area contributed by atoms with Crippen LogP contribution in [-0.4, -0.2) is 24.5 Å². The van der Waals surface area contributed by atoms with Crippen molar-refractivity contribution in [2.24, 2.45) is 0 Å². The first-order chi connectivity index (χ1) is 11.1. The van der Waals surface area contributed by atoms with Gasteiger partial charge >= 0.3 is 0 Å². The summed E-state index contributed by atoms with van der Waals surface area (Å²) < 4.78 is 30.1. The van der Waals surface area contributed by atoms with Gasteiger partial charge in [0, 0.05) is 9.79 Å². The van der Waals surface area contributed by atoms with Gasteiger partial charge in [0.1, 0.15) is 5.75 Å². The van der Waals surface area contributed by atoms with Crippen LogP contribution >= 0.6 is 23.5 Å². The van der Waals surface area contributed by atoms with Gasteiger partial charge in [-0.3, -0.25) is 4.79 Å². The fraction of sp³-hybridized carbons (Fsp3) is 0.188. The fourth-order valence-electron chi connectivity index (χ4n) is 1.78. The molecule has 0 heterocycles. The van der Waals surface area contributed by atoms with E-state index in [1.807, 2.05) is 24.3 Å². The summed E-state index contributed by atoms with van der Waals surface area (Å²) >= 11 is 1.78. The second-order valence-corrected chi connectivity index (χ2v) is 6.47. The molecule has 0 saturated carbocycles. The highest BCUT2D eigenvalue weighted by atomic mass is 32.2. The highest BCUT2D eigenvalue weighted by Crippen LogP contribution is 2.31. The van der Waals surface area contributed by atoms with Gasteiger partial charge in [-0.15, -0.1) is 11.8 Å². The van der Waals surface area contributed by atoms with Crippen molar-refractivity contribution in [1.82, 2.24) is 0 Å². The van der Waals surface area contributed by atoms with Gasteiger partial charge in [0.25, 0.3) is 5.76 Å².